The van der Waals surface area contributed by atoms with Gasteiger partial charge in [-0.3, -0.25) is 9.59 Å². The first-order valence-electron chi connectivity index (χ1n) is 10.0. The lowest BCUT2D eigenvalue weighted by molar-refractivity contribution is -0.118. The number of rotatable bonds is 7. The summed E-state index contributed by atoms with van der Waals surface area (Å²) in [5, 5.41) is 3.41. The first kappa shape index (κ1) is 21.5. The maximum absolute atomic E-state index is 13.2. The van der Waals surface area contributed by atoms with Crippen molar-refractivity contribution in [3.8, 4) is 22.8 Å². The summed E-state index contributed by atoms with van der Waals surface area (Å²) in [6.45, 7) is 2.08. The first-order chi connectivity index (χ1) is 15.5. The first-order valence-corrected chi connectivity index (χ1v) is 10.4. The minimum Gasteiger partial charge on any atom is -0.494 e. The molecule has 0 aliphatic rings. The molecule has 0 aliphatic carbocycles. The second kappa shape index (κ2) is 9.58. The molecular weight excluding hydrogens is 430 g/mol. The Morgan fingerprint density at radius 1 is 1.00 bits per heavy atom. The van der Waals surface area contributed by atoms with E-state index in [-0.39, 0.29) is 23.5 Å². The largest absolute Gasteiger partial charge is 0.494 e. The van der Waals surface area contributed by atoms with E-state index in [9.17, 15) is 9.59 Å². The molecule has 32 heavy (non-hydrogen) atoms. The second-order valence-electron chi connectivity index (χ2n) is 6.89. The normalized spacial score (nSPS) is 10.7. The summed E-state index contributed by atoms with van der Waals surface area (Å²) in [7, 11) is 0. The van der Waals surface area contributed by atoms with Crippen molar-refractivity contribution in [2.24, 2.45) is 0 Å². The molecule has 0 spiro atoms. The maximum atomic E-state index is 13.2. The van der Waals surface area contributed by atoms with E-state index < -0.39 is 11.3 Å². The van der Waals surface area contributed by atoms with E-state index in [1.807, 2.05) is 25.1 Å². The SMILES string of the molecule is CCOc1ccc(NC(=O)COc2c(-c3ccccc3)oc3ccc(Cl)cc3c2=O)cc1. The Morgan fingerprint density at radius 2 is 1.75 bits per heavy atom. The quantitative estimate of drug-likeness (QED) is 0.401. The van der Waals surface area contributed by atoms with Gasteiger partial charge >= 0.3 is 0 Å². The summed E-state index contributed by atoms with van der Waals surface area (Å²) in [6, 6.07) is 20.9. The molecular formula is C25H20ClNO5. The molecule has 1 N–H and O–H groups in total. The van der Waals surface area contributed by atoms with Crippen molar-refractivity contribution in [3.63, 3.8) is 0 Å². The molecule has 0 bridgehead atoms. The van der Waals surface area contributed by atoms with Gasteiger partial charge in [0, 0.05) is 16.3 Å². The highest BCUT2D eigenvalue weighted by Gasteiger charge is 2.19. The molecule has 4 aromatic rings. The lowest BCUT2D eigenvalue weighted by Crippen LogP contribution is -2.22. The minimum atomic E-state index is -0.418. The van der Waals surface area contributed by atoms with E-state index >= 15 is 0 Å². The molecule has 7 heteroatoms. The molecule has 1 heterocycles. The summed E-state index contributed by atoms with van der Waals surface area (Å²) in [6.07, 6.45) is 0. The zero-order valence-electron chi connectivity index (χ0n) is 17.3. The smallest absolute Gasteiger partial charge is 0.262 e. The van der Waals surface area contributed by atoms with E-state index in [1.54, 1.807) is 48.5 Å². The van der Waals surface area contributed by atoms with Crippen LogP contribution in [-0.4, -0.2) is 19.1 Å². The van der Waals surface area contributed by atoms with Gasteiger partial charge in [0.1, 0.15) is 11.3 Å². The average molecular weight is 450 g/mol. The third kappa shape index (κ3) is 4.76. The van der Waals surface area contributed by atoms with Crippen molar-refractivity contribution >= 4 is 34.2 Å². The summed E-state index contributed by atoms with van der Waals surface area (Å²) in [4.78, 5) is 25.6. The molecule has 0 radical (unpaired) electrons. The lowest BCUT2D eigenvalue weighted by Gasteiger charge is -2.12. The molecule has 0 unspecified atom stereocenters. The van der Waals surface area contributed by atoms with Gasteiger partial charge in [0.05, 0.1) is 12.0 Å². The number of anilines is 1. The maximum Gasteiger partial charge on any atom is 0.262 e. The van der Waals surface area contributed by atoms with Crippen LogP contribution in [0.1, 0.15) is 6.92 Å². The number of amides is 1. The van der Waals surface area contributed by atoms with Crippen LogP contribution in [0.4, 0.5) is 5.69 Å². The third-order valence-corrected chi connectivity index (χ3v) is 4.88. The van der Waals surface area contributed by atoms with Gasteiger partial charge in [0.15, 0.2) is 12.4 Å². The lowest BCUT2D eigenvalue weighted by atomic mass is 10.1. The zero-order valence-corrected chi connectivity index (χ0v) is 18.0. The molecule has 0 saturated carbocycles. The monoisotopic (exact) mass is 449 g/mol. The number of halogens is 1. The van der Waals surface area contributed by atoms with Crippen molar-refractivity contribution in [2.45, 2.75) is 6.92 Å². The van der Waals surface area contributed by atoms with Gasteiger partial charge < -0.3 is 19.2 Å². The predicted octanol–water partition coefficient (Wildman–Crippen LogP) is 5.53. The third-order valence-electron chi connectivity index (χ3n) is 4.64. The zero-order chi connectivity index (χ0) is 22.5. The molecule has 6 nitrogen and oxygen atoms in total. The Labute approximate surface area is 189 Å². The number of carbonyl (C=O) groups excluding carboxylic acids is 1. The average Bonchev–Trinajstić information content (AvgIpc) is 2.81. The van der Waals surface area contributed by atoms with Crippen LogP contribution >= 0.6 is 11.6 Å². The molecule has 162 valence electrons. The van der Waals surface area contributed by atoms with E-state index in [0.717, 1.165) is 0 Å². The topological polar surface area (TPSA) is 77.8 Å². The fourth-order valence-corrected chi connectivity index (χ4v) is 3.37. The second-order valence-corrected chi connectivity index (χ2v) is 7.33. The highest BCUT2D eigenvalue weighted by Crippen LogP contribution is 2.31. The van der Waals surface area contributed by atoms with Crippen LogP contribution in [0.15, 0.2) is 82.0 Å². The molecule has 1 amide bonds. The van der Waals surface area contributed by atoms with Gasteiger partial charge in [-0.25, -0.2) is 0 Å². The molecule has 0 fully saturated rings. The summed E-state index contributed by atoms with van der Waals surface area (Å²) in [5.41, 5.74) is 1.22. The van der Waals surface area contributed by atoms with Crippen LogP contribution in [0.25, 0.3) is 22.3 Å². The Morgan fingerprint density at radius 3 is 2.47 bits per heavy atom. The van der Waals surface area contributed by atoms with Gasteiger partial charge in [-0.1, -0.05) is 41.9 Å². The number of benzene rings is 3. The highest BCUT2D eigenvalue weighted by atomic mass is 35.5. The van der Waals surface area contributed by atoms with Crippen molar-refractivity contribution in [2.75, 3.05) is 18.5 Å². The molecule has 0 aliphatic heterocycles. The van der Waals surface area contributed by atoms with Crippen molar-refractivity contribution in [1.29, 1.82) is 0 Å². The number of nitrogens with one attached hydrogen (secondary N) is 1. The highest BCUT2D eigenvalue weighted by molar-refractivity contribution is 6.31. The number of fused-ring (bicyclic) bond motifs is 1. The van der Waals surface area contributed by atoms with Crippen LogP contribution < -0.4 is 20.2 Å². The van der Waals surface area contributed by atoms with Gasteiger partial charge in [-0.05, 0) is 49.4 Å². The number of hydrogen-bond acceptors (Lipinski definition) is 5. The van der Waals surface area contributed by atoms with E-state index in [4.69, 9.17) is 25.5 Å². The van der Waals surface area contributed by atoms with Crippen molar-refractivity contribution < 1.29 is 18.7 Å². The minimum absolute atomic E-state index is 0.0483. The molecule has 0 atom stereocenters. The van der Waals surface area contributed by atoms with Gasteiger partial charge in [-0.15, -0.1) is 0 Å². The standard InChI is InChI=1S/C25H20ClNO5/c1-2-30-19-11-9-18(10-12-19)27-22(28)15-31-25-23(29)20-14-17(26)8-13-21(20)32-24(25)16-6-4-3-5-7-16/h3-14H,2,15H2,1H3,(H,27,28). The van der Waals surface area contributed by atoms with Crippen LogP contribution in [-0.2, 0) is 4.79 Å². The van der Waals surface area contributed by atoms with Crippen LogP contribution in [0.3, 0.4) is 0 Å². The fraction of sp³-hybridized carbons (Fsp3) is 0.120. The molecule has 1 aromatic heterocycles. The number of ether oxygens (including phenoxy) is 2. The van der Waals surface area contributed by atoms with Gasteiger partial charge in [0.2, 0.25) is 11.2 Å². The summed E-state index contributed by atoms with van der Waals surface area (Å²) < 4.78 is 17.0. The van der Waals surface area contributed by atoms with Crippen LogP contribution in [0.5, 0.6) is 11.5 Å². The number of hydrogen-bond donors (Lipinski definition) is 1. The van der Waals surface area contributed by atoms with Crippen molar-refractivity contribution in [1.82, 2.24) is 0 Å². The van der Waals surface area contributed by atoms with E-state index in [1.165, 1.54) is 6.07 Å². The Kier molecular flexibility index (Phi) is 6.42. The molecule has 4 rings (SSSR count). The van der Waals surface area contributed by atoms with Crippen LogP contribution in [0, 0.1) is 0 Å². The number of carbonyl (C=O) groups is 1. The van der Waals surface area contributed by atoms with E-state index in [2.05, 4.69) is 5.32 Å². The van der Waals surface area contributed by atoms with E-state index in [0.29, 0.717) is 34.2 Å². The summed E-state index contributed by atoms with van der Waals surface area (Å²) >= 11 is 6.05. The fourth-order valence-electron chi connectivity index (χ4n) is 3.20. The van der Waals surface area contributed by atoms with Crippen LogP contribution in [0.2, 0.25) is 5.02 Å². The summed E-state index contributed by atoms with van der Waals surface area (Å²) in [5.74, 6) is 0.493. The Bertz CT molecular complexity index is 1300. The van der Waals surface area contributed by atoms with Gasteiger partial charge in [0.25, 0.3) is 5.91 Å². The Balaban J connectivity index is 1.60. The predicted molar refractivity (Wildman–Crippen MR) is 125 cm³/mol. The Hall–Kier alpha value is -3.77. The van der Waals surface area contributed by atoms with Gasteiger partial charge in [-0.2, -0.15) is 0 Å². The van der Waals surface area contributed by atoms with Crippen molar-refractivity contribution in [3.05, 3.63) is 88.0 Å². The molecule has 0 saturated heterocycles. The molecule has 3 aromatic carbocycles.